The molecule has 0 radical (unpaired) electrons. The number of urea groups is 1. The van der Waals surface area contributed by atoms with Crippen LogP contribution in [0.25, 0.3) is 0 Å². The van der Waals surface area contributed by atoms with Gasteiger partial charge in [0.25, 0.3) is 0 Å². The molecule has 24 heavy (non-hydrogen) atoms. The van der Waals surface area contributed by atoms with Crippen molar-refractivity contribution in [2.24, 2.45) is 5.92 Å². The van der Waals surface area contributed by atoms with Crippen LogP contribution in [0.3, 0.4) is 0 Å². The summed E-state index contributed by atoms with van der Waals surface area (Å²) in [5.41, 5.74) is 1.65. The molecule has 1 aliphatic carbocycles. The van der Waals surface area contributed by atoms with Crippen LogP contribution in [-0.4, -0.2) is 41.5 Å². The van der Waals surface area contributed by atoms with Gasteiger partial charge in [0.1, 0.15) is 0 Å². The molecule has 7 nitrogen and oxygen atoms in total. The average Bonchev–Trinajstić information content (AvgIpc) is 3.37. The zero-order chi connectivity index (χ0) is 17.7. The highest BCUT2D eigenvalue weighted by atomic mass is 16.4. The summed E-state index contributed by atoms with van der Waals surface area (Å²) in [5, 5.41) is 14.3. The molecule has 130 valence electrons. The first-order valence-corrected chi connectivity index (χ1v) is 8.01. The lowest BCUT2D eigenvalue weighted by atomic mass is 10.1. The first kappa shape index (κ1) is 17.8. The molecule has 1 unspecified atom stereocenters. The van der Waals surface area contributed by atoms with Crippen LogP contribution < -0.4 is 10.6 Å². The number of carbonyl (C=O) groups is 3. The molecule has 1 aliphatic rings. The predicted octanol–water partition coefficient (Wildman–Crippen LogP) is 2.21. The SMILES string of the molecule is CC(NC(=O)N(C)CCC(=O)O)c1ccc(NC(=O)C2CC2)cc1. The zero-order valence-electron chi connectivity index (χ0n) is 13.9. The van der Waals surface area contributed by atoms with Crippen molar-refractivity contribution in [3.05, 3.63) is 29.8 Å². The minimum Gasteiger partial charge on any atom is -0.481 e. The highest BCUT2D eigenvalue weighted by Gasteiger charge is 2.29. The molecule has 0 saturated heterocycles. The van der Waals surface area contributed by atoms with E-state index < -0.39 is 5.97 Å². The molecule has 1 aromatic rings. The molecule has 0 aliphatic heterocycles. The summed E-state index contributed by atoms with van der Waals surface area (Å²) >= 11 is 0. The van der Waals surface area contributed by atoms with Crippen molar-refractivity contribution in [2.45, 2.75) is 32.2 Å². The summed E-state index contributed by atoms with van der Waals surface area (Å²) in [6, 6.07) is 6.78. The summed E-state index contributed by atoms with van der Waals surface area (Å²) < 4.78 is 0. The van der Waals surface area contributed by atoms with E-state index in [0.717, 1.165) is 24.1 Å². The fraction of sp³-hybridized carbons (Fsp3) is 0.471. The van der Waals surface area contributed by atoms with Gasteiger partial charge in [-0.3, -0.25) is 9.59 Å². The molecule has 0 aromatic heterocycles. The fourth-order valence-electron chi connectivity index (χ4n) is 2.19. The van der Waals surface area contributed by atoms with Gasteiger partial charge < -0.3 is 20.6 Å². The summed E-state index contributed by atoms with van der Waals surface area (Å²) in [6.45, 7) is 2.00. The number of aliphatic carboxylic acids is 1. The van der Waals surface area contributed by atoms with Crippen molar-refractivity contribution in [2.75, 3.05) is 18.9 Å². The molecule has 0 bridgehead atoms. The van der Waals surface area contributed by atoms with Gasteiger partial charge in [-0.2, -0.15) is 0 Å². The number of carboxylic acids is 1. The molecule has 1 aromatic carbocycles. The summed E-state index contributed by atoms with van der Waals surface area (Å²) in [4.78, 5) is 35.6. The standard InChI is InChI=1S/C17H23N3O4/c1-11(18-17(24)20(2)10-9-15(21)22)12-5-7-14(8-6-12)19-16(23)13-3-4-13/h5-8,11,13H,3-4,9-10H2,1-2H3,(H,18,24)(H,19,23)(H,21,22). The Hall–Kier alpha value is -2.57. The Bertz CT molecular complexity index is 611. The van der Waals surface area contributed by atoms with Gasteiger partial charge in [-0.05, 0) is 37.5 Å². The van der Waals surface area contributed by atoms with Crippen molar-refractivity contribution in [3.63, 3.8) is 0 Å². The predicted molar refractivity (Wildman–Crippen MR) is 89.6 cm³/mol. The van der Waals surface area contributed by atoms with E-state index in [9.17, 15) is 14.4 Å². The van der Waals surface area contributed by atoms with Gasteiger partial charge in [0.05, 0.1) is 12.5 Å². The first-order valence-electron chi connectivity index (χ1n) is 8.01. The lowest BCUT2D eigenvalue weighted by molar-refractivity contribution is -0.137. The van der Waals surface area contributed by atoms with E-state index in [2.05, 4.69) is 10.6 Å². The summed E-state index contributed by atoms with van der Waals surface area (Å²) in [5.74, 6) is -0.722. The molecule has 1 atom stereocenters. The van der Waals surface area contributed by atoms with Crippen LogP contribution in [0.15, 0.2) is 24.3 Å². The number of amides is 3. The smallest absolute Gasteiger partial charge is 0.317 e. The topological polar surface area (TPSA) is 98.7 Å². The normalized spacial score (nSPS) is 14.6. The van der Waals surface area contributed by atoms with Gasteiger partial charge in [0.15, 0.2) is 0 Å². The Kier molecular flexibility index (Phi) is 5.78. The molecule has 3 N–H and O–H groups in total. The van der Waals surface area contributed by atoms with Crippen molar-refractivity contribution in [1.82, 2.24) is 10.2 Å². The van der Waals surface area contributed by atoms with E-state index in [0.29, 0.717) is 0 Å². The third-order valence-corrected chi connectivity index (χ3v) is 3.97. The van der Waals surface area contributed by atoms with E-state index in [1.165, 1.54) is 4.90 Å². The average molecular weight is 333 g/mol. The monoisotopic (exact) mass is 333 g/mol. The van der Waals surface area contributed by atoms with Gasteiger partial charge in [-0.25, -0.2) is 4.79 Å². The van der Waals surface area contributed by atoms with Gasteiger partial charge in [0, 0.05) is 25.2 Å². The van der Waals surface area contributed by atoms with Gasteiger partial charge >= 0.3 is 12.0 Å². The molecule has 3 amide bonds. The van der Waals surface area contributed by atoms with Crippen LogP contribution in [-0.2, 0) is 9.59 Å². The summed E-state index contributed by atoms with van der Waals surface area (Å²) in [6.07, 6.45) is 1.83. The second-order valence-electron chi connectivity index (χ2n) is 6.12. The third-order valence-electron chi connectivity index (χ3n) is 3.97. The Labute approximate surface area is 141 Å². The quantitative estimate of drug-likeness (QED) is 0.712. The highest BCUT2D eigenvalue weighted by molar-refractivity contribution is 5.94. The minimum absolute atomic E-state index is 0.0594. The van der Waals surface area contributed by atoms with Crippen LogP contribution in [0, 0.1) is 5.92 Å². The van der Waals surface area contributed by atoms with E-state index in [1.54, 1.807) is 7.05 Å². The molecule has 1 saturated carbocycles. The fourth-order valence-corrected chi connectivity index (χ4v) is 2.19. The van der Waals surface area contributed by atoms with E-state index in [4.69, 9.17) is 5.11 Å². The van der Waals surface area contributed by atoms with Crippen LogP contribution in [0.5, 0.6) is 0 Å². The Morgan fingerprint density at radius 2 is 1.88 bits per heavy atom. The van der Waals surface area contributed by atoms with Crippen LogP contribution in [0.4, 0.5) is 10.5 Å². The largest absolute Gasteiger partial charge is 0.481 e. The number of nitrogens with zero attached hydrogens (tertiary/aromatic N) is 1. The highest BCUT2D eigenvalue weighted by Crippen LogP contribution is 2.30. The van der Waals surface area contributed by atoms with E-state index in [-0.39, 0.29) is 36.9 Å². The maximum Gasteiger partial charge on any atom is 0.317 e. The maximum absolute atomic E-state index is 12.0. The molecule has 7 heteroatoms. The number of benzene rings is 1. The van der Waals surface area contributed by atoms with Crippen molar-refractivity contribution < 1.29 is 19.5 Å². The number of carboxylic acid groups (broad SMARTS) is 1. The van der Waals surface area contributed by atoms with Gasteiger partial charge in [-0.1, -0.05) is 12.1 Å². The second kappa shape index (κ2) is 7.81. The Morgan fingerprint density at radius 3 is 2.42 bits per heavy atom. The summed E-state index contributed by atoms with van der Waals surface area (Å²) in [7, 11) is 1.56. The zero-order valence-corrected chi connectivity index (χ0v) is 13.9. The molecule has 1 fully saturated rings. The van der Waals surface area contributed by atoms with Crippen molar-refractivity contribution >= 4 is 23.6 Å². The molecule has 0 heterocycles. The van der Waals surface area contributed by atoms with E-state index >= 15 is 0 Å². The molecular weight excluding hydrogens is 310 g/mol. The first-order chi connectivity index (χ1) is 11.4. The molecular formula is C17H23N3O4. The van der Waals surface area contributed by atoms with E-state index in [1.807, 2.05) is 31.2 Å². The number of hydrogen-bond acceptors (Lipinski definition) is 3. The number of rotatable bonds is 7. The molecule has 0 spiro atoms. The molecule has 2 rings (SSSR count). The number of nitrogens with one attached hydrogen (secondary N) is 2. The van der Waals surface area contributed by atoms with Crippen LogP contribution in [0.1, 0.15) is 37.8 Å². The minimum atomic E-state index is -0.938. The number of hydrogen-bond donors (Lipinski definition) is 3. The second-order valence-corrected chi connectivity index (χ2v) is 6.12. The number of anilines is 1. The lowest BCUT2D eigenvalue weighted by Crippen LogP contribution is -2.39. The van der Waals surface area contributed by atoms with Crippen LogP contribution >= 0.6 is 0 Å². The Morgan fingerprint density at radius 1 is 1.25 bits per heavy atom. The van der Waals surface area contributed by atoms with Gasteiger partial charge in [-0.15, -0.1) is 0 Å². The maximum atomic E-state index is 12.0. The Balaban J connectivity index is 1.84. The van der Waals surface area contributed by atoms with Crippen molar-refractivity contribution in [3.8, 4) is 0 Å². The van der Waals surface area contributed by atoms with Gasteiger partial charge in [0.2, 0.25) is 5.91 Å². The third kappa shape index (κ3) is 5.26. The lowest BCUT2D eigenvalue weighted by Gasteiger charge is -2.21. The van der Waals surface area contributed by atoms with Crippen molar-refractivity contribution in [1.29, 1.82) is 0 Å². The van der Waals surface area contributed by atoms with Crippen LogP contribution in [0.2, 0.25) is 0 Å². The number of carbonyl (C=O) groups excluding carboxylic acids is 2.